The van der Waals surface area contributed by atoms with Crippen LogP contribution in [0, 0.1) is 18.6 Å². The van der Waals surface area contributed by atoms with Crippen molar-refractivity contribution in [1.82, 2.24) is 9.55 Å². The van der Waals surface area contributed by atoms with E-state index in [4.69, 9.17) is 12.2 Å². The maximum Gasteiger partial charge on any atom is 0.266 e. The fourth-order valence-corrected chi connectivity index (χ4v) is 3.87. The van der Waals surface area contributed by atoms with E-state index >= 15 is 0 Å². The van der Waals surface area contributed by atoms with Gasteiger partial charge in [0.25, 0.3) is 11.5 Å². The van der Waals surface area contributed by atoms with E-state index in [0.29, 0.717) is 27.7 Å². The van der Waals surface area contributed by atoms with Gasteiger partial charge in [0.2, 0.25) is 0 Å². The first-order valence-electron chi connectivity index (χ1n) is 10.0. The van der Waals surface area contributed by atoms with Crippen LogP contribution in [0.15, 0.2) is 65.5 Å². The highest BCUT2D eigenvalue weighted by Crippen LogP contribution is 2.19. The Morgan fingerprint density at radius 1 is 0.969 bits per heavy atom. The summed E-state index contributed by atoms with van der Waals surface area (Å²) in [6, 6.07) is 17.3. The zero-order valence-electron chi connectivity index (χ0n) is 17.9. The number of aromatic nitrogens is 2. The number of carbonyl (C=O) groups excluding carboxylic acids is 2. The highest BCUT2D eigenvalue weighted by molar-refractivity contribution is 7.71. The third-order valence-corrected chi connectivity index (χ3v) is 5.79. The van der Waals surface area contributed by atoms with E-state index in [1.165, 1.54) is 11.5 Å². The summed E-state index contributed by atoms with van der Waals surface area (Å²) < 4.78 is 1.73. The van der Waals surface area contributed by atoms with Gasteiger partial charge >= 0.3 is 0 Å². The summed E-state index contributed by atoms with van der Waals surface area (Å²) in [5.74, 6) is -0.440. The van der Waals surface area contributed by atoms with E-state index in [1.54, 1.807) is 42.5 Å². The normalized spacial score (nSPS) is 10.8. The number of aromatic amines is 1. The zero-order chi connectivity index (χ0) is 23.0. The molecule has 0 radical (unpaired) electrons. The average Bonchev–Trinajstić information content (AvgIpc) is 2.76. The Morgan fingerprint density at radius 2 is 1.72 bits per heavy atom. The molecule has 0 fully saturated rings. The lowest BCUT2D eigenvalue weighted by Gasteiger charge is -2.13. The lowest BCUT2D eigenvalue weighted by Crippen LogP contribution is -2.22. The second-order valence-electron chi connectivity index (χ2n) is 7.64. The van der Waals surface area contributed by atoms with Crippen LogP contribution in [0.3, 0.4) is 0 Å². The zero-order valence-corrected chi connectivity index (χ0v) is 18.7. The van der Waals surface area contributed by atoms with Gasteiger partial charge in [0.1, 0.15) is 0 Å². The quantitative estimate of drug-likeness (QED) is 0.339. The molecule has 0 bridgehead atoms. The highest BCUT2D eigenvalue weighted by Gasteiger charge is 2.13. The van der Waals surface area contributed by atoms with Crippen molar-refractivity contribution in [3.8, 4) is 5.69 Å². The molecule has 3 aromatic carbocycles. The molecule has 0 spiro atoms. The smallest absolute Gasteiger partial charge is 0.266 e. The number of fused-ring (bicyclic) bond motifs is 1. The number of nitrogens with one attached hydrogen (secondary N) is 2. The summed E-state index contributed by atoms with van der Waals surface area (Å²) in [5.41, 5.74) is 4.37. The molecule has 1 heterocycles. The molecule has 160 valence electrons. The molecule has 2 N–H and O–H groups in total. The van der Waals surface area contributed by atoms with Crippen molar-refractivity contribution >= 4 is 40.5 Å². The van der Waals surface area contributed by atoms with Crippen molar-refractivity contribution in [3.63, 3.8) is 0 Å². The number of rotatable bonds is 4. The second kappa shape index (κ2) is 8.36. The number of carbonyl (C=O) groups is 2. The van der Waals surface area contributed by atoms with E-state index in [-0.39, 0.29) is 22.0 Å². The van der Waals surface area contributed by atoms with Crippen LogP contribution in [0.4, 0.5) is 5.69 Å². The molecule has 4 aromatic rings. The number of hydrogen-bond donors (Lipinski definition) is 2. The van der Waals surface area contributed by atoms with Crippen LogP contribution < -0.4 is 10.9 Å². The molecule has 0 aliphatic carbocycles. The van der Waals surface area contributed by atoms with Gasteiger partial charge in [-0.1, -0.05) is 24.3 Å². The molecule has 0 aliphatic rings. The molecular weight excluding hydrogens is 422 g/mol. The van der Waals surface area contributed by atoms with Gasteiger partial charge < -0.3 is 10.3 Å². The second-order valence-corrected chi connectivity index (χ2v) is 8.03. The van der Waals surface area contributed by atoms with Gasteiger partial charge in [-0.05, 0) is 80.5 Å². The maximum absolute atomic E-state index is 13.2. The van der Waals surface area contributed by atoms with Crippen molar-refractivity contribution < 1.29 is 9.59 Å². The molecule has 1 amide bonds. The molecule has 7 heteroatoms. The van der Waals surface area contributed by atoms with E-state index in [1.807, 2.05) is 32.0 Å². The van der Waals surface area contributed by atoms with Crippen LogP contribution in [0.2, 0.25) is 0 Å². The van der Waals surface area contributed by atoms with E-state index in [2.05, 4.69) is 10.3 Å². The van der Waals surface area contributed by atoms with Crippen molar-refractivity contribution in [2.24, 2.45) is 0 Å². The number of Topliss-reactive ketones (excluding diaryl/α,β-unsaturated/α-hetero) is 1. The summed E-state index contributed by atoms with van der Waals surface area (Å²) in [7, 11) is 0. The summed E-state index contributed by atoms with van der Waals surface area (Å²) in [5, 5.41) is 3.21. The summed E-state index contributed by atoms with van der Waals surface area (Å²) in [4.78, 5) is 40.6. The lowest BCUT2D eigenvalue weighted by molar-refractivity contribution is 0.101. The van der Waals surface area contributed by atoms with Crippen molar-refractivity contribution in [2.45, 2.75) is 20.8 Å². The molecule has 0 unspecified atom stereocenters. The van der Waals surface area contributed by atoms with Crippen LogP contribution >= 0.6 is 12.2 Å². The average molecular weight is 444 g/mol. The minimum atomic E-state index is -0.356. The third-order valence-electron chi connectivity index (χ3n) is 5.50. The molecule has 0 saturated heterocycles. The van der Waals surface area contributed by atoms with Gasteiger partial charge in [0, 0.05) is 16.8 Å². The van der Waals surface area contributed by atoms with Crippen LogP contribution in [-0.4, -0.2) is 21.2 Å². The number of H-pyrrole nitrogens is 1. The fraction of sp³-hybridized carbons (Fsp3) is 0.120. The van der Waals surface area contributed by atoms with Gasteiger partial charge in [0.05, 0.1) is 16.6 Å². The van der Waals surface area contributed by atoms with Gasteiger partial charge in [-0.15, -0.1) is 0 Å². The Bertz CT molecular complexity index is 1520. The monoisotopic (exact) mass is 443 g/mol. The first kappa shape index (κ1) is 21.4. The fourth-order valence-electron chi connectivity index (χ4n) is 3.58. The molecule has 6 nitrogen and oxygen atoms in total. The summed E-state index contributed by atoms with van der Waals surface area (Å²) >= 11 is 5.48. The Balaban J connectivity index is 1.74. The Morgan fingerprint density at radius 3 is 2.47 bits per heavy atom. The van der Waals surface area contributed by atoms with Crippen molar-refractivity contribution in [3.05, 3.63) is 98.0 Å². The van der Waals surface area contributed by atoms with Crippen LogP contribution in [0.25, 0.3) is 16.6 Å². The largest absolute Gasteiger partial charge is 0.331 e. The third kappa shape index (κ3) is 3.90. The summed E-state index contributed by atoms with van der Waals surface area (Å²) in [6.07, 6.45) is 0. The molecule has 1 aromatic heterocycles. The van der Waals surface area contributed by atoms with E-state index in [0.717, 1.165) is 16.8 Å². The molecule has 0 atom stereocenters. The molecule has 4 rings (SSSR count). The lowest BCUT2D eigenvalue weighted by atomic mass is 10.1. The Labute approximate surface area is 189 Å². The number of nitrogens with zero attached hydrogens (tertiary/aromatic N) is 1. The minimum absolute atomic E-state index is 0.0838. The minimum Gasteiger partial charge on any atom is -0.331 e. The SMILES string of the molecule is CC(=O)c1cccc(NC(=O)c2ccc3c(=O)n(-c4cccc(C)c4C)c(=S)[nH]c3c2)c1. The molecule has 0 saturated carbocycles. The van der Waals surface area contributed by atoms with Crippen molar-refractivity contribution in [2.75, 3.05) is 5.32 Å². The summed E-state index contributed by atoms with van der Waals surface area (Å²) in [6.45, 7) is 5.40. The maximum atomic E-state index is 13.2. The Kier molecular flexibility index (Phi) is 5.59. The highest BCUT2D eigenvalue weighted by atomic mass is 32.1. The number of aryl methyl sites for hydroxylation is 1. The number of amides is 1. The predicted molar refractivity (Wildman–Crippen MR) is 129 cm³/mol. The van der Waals surface area contributed by atoms with E-state index < -0.39 is 0 Å². The number of ketones is 1. The topological polar surface area (TPSA) is 84.0 Å². The first-order valence-corrected chi connectivity index (χ1v) is 10.4. The van der Waals surface area contributed by atoms with Gasteiger partial charge in [-0.25, -0.2) is 0 Å². The standard InChI is InChI=1S/C25H21N3O3S/c1-14-6-4-9-22(15(14)2)28-24(31)20-11-10-18(13-21(20)27-25(28)32)23(30)26-19-8-5-7-17(12-19)16(3)29/h4-13H,1-3H3,(H,26,30)(H,27,32). The molecule has 0 aliphatic heterocycles. The van der Waals surface area contributed by atoms with Crippen LogP contribution in [0.5, 0.6) is 0 Å². The van der Waals surface area contributed by atoms with Crippen LogP contribution in [-0.2, 0) is 0 Å². The Hall–Kier alpha value is -3.84. The molecule has 32 heavy (non-hydrogen) atoms. The van der Waals surface area contributed by atoms with Gasteiger partial charge in [0.15, 0.2) is 10.6 Å². The predicted octanol–water partition coefficient (Wildman–Crippen LogP) is 5.12. The number of benzene rings is 3. The van der Waals surface area contributed by atoms with E-state index in [9.17, 15) is 14.4 Å². The number of hydrogen-bond acceptors (Lipinski definition) is 4. The molecular formula is C25H21N3O3S. The van der Waals surface area contributed by atoms with Gasteiger partial charge in [-0.2, -0.15) is 0 Å². The van der Waals surface area contributed by atoms with Crippen LogP contribution in [0.1, 0.15) is 38.8 Å². The van der Waals surface area contributed by atoms with Crippen molar-refractivity contribution in [1.29, 1.82) is 0 Å². The number of anilines is 1. The van der Waals surface area contributed by atoms with Gasteiger partial charge in [-0.3, -0.25) is 19.0 Å². The first-order chi connectivity index (χ1) is 15.3.